The van der Waals surface area contributed by atoms with Gasteiger partial charge in [-0.25, -0.2) is 0 Å². The topological polar surface area (TPSA) is 58.2 Å². The summed E-state index contributed by atoms with van der Waals surface area (Å²) in [5, 5.41) is 9.08. The predicted octanol–water partition coefficient (Wildman–Crippen LogP) is 7.80. The van der Waals surface area contributed by atoms with Crippen LogP contribution < -0.4 is 10.6 Å². The van der Waals surface area contributed by atoms with Gasteiger partial charge >= 0.3 is 0 Å². The molecule has 0 fully saturated rings. The lowest BCUT2D eigenvalue weighted by atomic mass is 9.72. The lowest BCUT2D eigenvalue weighted by Gasteiger charge is -2.34. The van der Waals surface area contributed by atoms with Gasteiger partial charge in [-0.05, 0) is 73.0 Å². The number of carbonyl (C=O) groups is 2. The zero-order valence-corrected chi connectivity index (χ0v) is 23.9. The molecule has 37 heavy (non-hydrogen) atoms. The first-order valence-corrected chi connectivity index (χ1v) is 15.4. The van der Waals surface area contributed by atoms with E-state index in [1.807, 2.05) is 35.7 Å². The molecule has 1 atom stereocenters. The van der Waals surface area contributed by atoms with Crippen LogP contribution in [0.25, 0.3) is 0 Å². The molecule has 0 saturated carbocycles. The fourth-order valence-electron chi connectivity index (χ4n) is 5.73. The summed E-state index contributed by atoms with van der Waals surface area (Å²) in [7, 11) is 0. The van der Waals surface area contributed by atoms with Crippen molar-refractivity contribution in [3.63, 3.8) is 0 Å². The van der Waals surface area contributed by atoms with Crippen molar-refractivity contribution in [3.05, 3.63) is 73.3 Å². The molecule has 2 heterocycles. The molecule has 2 N–H and O–H groups in total. The number of amides is 2. The smallest absolute Gasteiger partial charge is 0.257 e. The Balaban J connectivity index is 1.40. The first-order valence-electron chi connectivity index (χ1n) is 13.7. The molecular formula is C31H38N2O2S2. The highest BCUT2D eigenvalue weighted by molar-refractivity contribution is 7.17. The van der Waals surface area contributed by atoms with Crippen LogP contribution in [-0.4, -0.2) is 11.8 Å². The summed E-state index contributed by atoms with van der Waals surface area (Å²) in [5.41, 5.74) is 5.18. The largest absolute Gasteiger partial charge is 0.348 e. The van der Waals surface area contributed by atoms with Crippen molar-refractivity contribution < 1.29 is 9.59 Å². The summed E-state index contributed by atoms with van der Waals surface area (Å²) in [6, 6.07) is 9.99. The van der Waals surface area contributed by atoms with E-state index in [9.17, 15) is 9.59 Å². The monoisotopic (exact) mass is 534 g/mol. The Morgan fingerprint density at radius 1 is 0.919 bits per heavy atom. The third-order valence-electron chi connectivity index (χ3n) is 8.05. The van der Waals surface area contributed by atoms with Gasteiger partial charge in [0.1, 0.15) is 5.00 Å². The van der Waals surface area contributed by atoms with Crippen LogP contribution in [0, 0.1) is 11.3 Å². The van der Waals surface area contributed by atoms with Crippen LogP contribution in [0.15, 0.2) is 35.7 Å². The van der Waals surface area contributed by atoms with Gasteiger partial charge in [-0.3, -0.25) is 9.59 Å². The number of nitrogens with one attached hydrogen (secondary N) is 2. The number of hydrogen-bond donors (Lipinski definition) is 2. The summed E-state index contributed by atoms with van der Waals surface area (Å²) in [5.74, 6) is 0.488. The third-order valence-corrected chi connectivity index (χ3v) is 10.3. The van der Waals surface area contributed by atoms with Crippen LogP contribution >= 0.6 is 22.7 Å². The Kier molecular flexibility index (Phi) is 7.87. The maximum atomic E-state index is 13.6. The number of anilines is 1. The number of rotatable bonds is 5. The highest BCUT2D eigenvalue weighted by atomic mass is 32.1. The van der Waals surface area contributed by atoms with Crippen LogP contribution in [-0.2, 0) is 32.2 Å². The van der Waals surface area contributed by atoms with E-state index in [2.05, 4.69) is 31.4 Å². The Bertz CT molecular complexity index is 1270. The summed E-state index contributed by atoms with van der Waals surface area (Å²) >= 11 is 3.34. The minimum Gasteiger partial charge on any atom is -0.348 e. The molecule has 0 unspecified atom stereocenters. The van der Waals surface area contributed by atoms with Gasteiger partial charge in [-0.15, -0.1) is 22.7 Å². The van der Waals surface area contributed by atoms with E-state index in [0.717, 1.165) is 61.6 Å². The molecule has 2 aliphatic rings. The van der Waals surface area contributed by atoms with Crippen molar-refractivity contribution in [3.8, 4) is 0 Å². The minimum atomic E-state index is -0.0856. The molecule has 4 nitrogen and oxygen atoms in total. The fourth-order valence-corrected chi connectivity index (χ4v) is 8.17. The van der Waals surface area contributed by atoms with E-state index in [4.69, 9.17) is 0 Å². The van der Waals surface area contributed by atoms with E-state index in [1.54, 1.807) is 22.7 Å². The molecule has 3 aromatic rings. The number of benzene rings is 1. The van der Waals surface area contributed by atoms with Gasteiger partial charge in [0, 0.05) is 21.7 Å². The average Bonchev–Trinajstić information content (AvgIpc) is 3.43. The quantitative estimate of drug-likeness (QED) is 0.351. The third kappa shape index (κ3) is 5.85. The van der Waals surface area contributed by atoms with Crippen LogP contribution in [0.2, 0.25) is 0 Å². The zero-order valence-electron chi connectivity index (χ0n) is 22.2. The lowest BCUT2D eigenvalue weighted by Crippen LogP contribution is -2.27. The summed E-state index contributed by atoms with van der Waals surface area (Å²) in [6.45, 7) is 7.43. The Morgan fingerprint density at radius 3 is 2.43 bits per heavy atom. The van der Waals surface area contributed by atoms with Crippen molar-refractivity contribution in [1.82, 2.24) is 5.32 Å². The number of hydrogen-bond acceptors (Lipinski definition) is 4. The average molecular weight is 535 g/mol. The number of aryl methyl sites for hydroxylation is 1. The van der Waals surface area contributed by atoms with Crippen molar-refractivity contribution >= 4 is 39.5 Å². The molecule has 2 aliphatic carbocycles. The highest BCUT2D eigenvalue weighted by Crippen LogP contribution is 2.42. The minimum absolute atomic E-state index is 0.0713. The van der Waals surface area contributed by atoms with Crippen molar-refractivity contribution in [1.29, 1.82) is 0 Å². The van der Waals surface area contributed by atoms with Gasteiger partial charge in [0.2, 0.25) is 0 Å². The van der Waals surface area contributed by atoms with Crippen molar-refractivity contribution in [2.45, 2.75) is 85.1 Å². The lowest BCUT2D eigenvalue weighted by molar-refractivity contribution is 0.0951. The molecule has 0 radical (unpaired) electrons. The molecule has 5 rings (SSSR count). The predicted molar refractivity (Wildman–Crippen MR) is 155 cm³/mol. The molecular weight excluding hydrogens is 496 g/mol. The van der Waals surface area contributed by atoms with Gasteiger partial charge < -0.3 is 10.6 Å². The Labute approximate surface area is 228 Å². The molecule has 6 heteroatoms. The van der Waals surface area contributed by atoms with Crippen LogP contribution in [0.5, 0.6) is 0 Å². The molecule has 0 saturated heterocycles. The SMILES string of the molecule is CC(C)(C)[C@H]1CCc2c(C(=O)Nc3sc4c(c3C(=O)NCc3ccccc3)CCCCCC4)csc2C1. The first-order chi connectivity index (χ1) is 17.8. The van der Waals surface area contributed by atoms with Crippen molar-refractivity contribution in [2.24, 2.45) is 11.3 Å². The second-order valence-corrected chi connectivity index (χ2v) is 13.7. The van der Waals surface area contributed by atoms with Gasteiger partial charge in [0.15, 0.2) is 0 Å². The molecule has 1 aromatic carbocycles. The van der Waals surface area contributed by atoms with Crippen LogP contribution in [0.4, 0.5) is 5.00 Å². The normalized spacial score (nSPS) is 17.8. The van der Waals surface area contributed by atoms with Gasteiger partial charge in [0.05, 0.1) is 11.1 Å². The van der Waals surface area contributed by atoms with E-state index < -0.39 is 0 Å². The van der Waals surface area contributed by atoms with Crippen LogP contribution in [0.1, 0.15) is 100 Å². The molecule has 2 aromatic heterocycles. The van der Waals surface area contributed by atoms with E-state index in [-0.39, 0.29) is 17.2 Å². The second-order valence-electron chi connectivity index (χ2n) is 11.6. The zero-order chi connectivity index (χ0) is 26.0. The van der Waals surface area contributed by atoms with Gasteiger partial charge in [-0.1, -0.05) is 63.9 Å². The van der Waals surface area contributed by atoms with E-state index in [1.165, 1.54) is 28.2 Å². The molecule has 0 aliphatic heterocycles. The van der Waals surface area contributed by atoms with E-state index in [0.29, 0.717) is 23.0 Å². The summed E-state index contributed by atoms with van der Waals surface area (Å²) in [4.78, 5) is 29.8. The summed E-state index contributed by atoms with van der Waals surface area (Å²) in [6.07, 6.45) is 9.65. The number of carbonyl (C=O) groups excluding carboxylic acids is 2. The fraction of sp³-hybridized carbons (Fsp3) is 0.484. The Hall–Kier alpha value is -2.44. The molecule has 0 bridgehead atoms. The number of fused-ring (bicyclic) bond motifs is 2. The first kappa shape index (κ1) is 26.2. The van der Waals surface area contributed by atoms with Gasteiger partial charge in [0.25, 0.3) is 11.8 Å². The second kappa shape index (κ2) is 11.1. The standard InChI is InChI=1S/C31H38N2O2S2/c1-31(2,3)21-15-16-22-24(19-36-26(22)17-21)28(34)33-30-27(23-13-9-4-5-10-14-25(23)37-30)29(35)32-18-20-11-7-6-8-12-20/h6-8,11-12,19,21H,4-5,9-10,13-18H2,1-3H3,(H,32,35)(H,33,34)/t21-/m0/s1. The molecule has 196 valence electrons. The maximum Gasteiger partial charge on any atom is 0.257 e. The Morgan fingerprint density at radius 2 is 1.68 bits per heavy atom. The molecule has 2 amide bonds. The summed E-state index contributed by atoms with van der Waals surface area (Å²) < 4.78 is 0. The highest BCUT2D eigenvalue weighted by Gasteiger charge is 2.32. The van der Waals surface area contributed by atoms with Crippen molar-refractivity contribution in [2.75, 3.05) is 5.32 Å². The van der Waals surface area contributed by atoms with Gasteiger partial charge in [-0.2, -0.15) is 0 Å². The van der Waals surface area contributed by atoms with Crippen LogP contribution in [0.3, 0.4) is 0 Å². The number of thiophene rings is 2. The van der Waals surface area contributed by atoms with E-state index >= 15 is 0 Å². The molecule has 0 spiro atoms. The maximum absolute atomic E-state index is 13.6.